The SMILES string of the molecule is CC1CN(CCC(N)=O)CCN1C. The van der Waals surface area contributed by atoms with Gasteiger partial charge in [-0.15, -0.1) is 0 Å². The van der Waals surface area contributed by atoms with Crippen molar-refractivity contribution in [3.05, 3.63) is 0 Å². The first-order chi connectivity index (χ1) is 6.09. The number of carbonyl (C=O) groups excluding carboxylic acids is 1. The molecule has 0 aliphatic carbocycles. The topological polar surface area (TPSA) is 49.6 Å². The van der Waals surface area contributed by atoms with Crippen molar-refractivity contribution in [2.45, 2.75) is 19.4 Å². The number of likely N-dealkylation sites (N-methyl/N-ethyl adjacent to an activating group) is 1. The van der Waals surface area contributed by atoms with E-state index in [9.17, 15) is 4.79 Å². The summed E-state index contributed by atoms with van der Waals surface area (Å²) in [5.41, 5.74) is 5.10. The van der Waals surface area contributed by atoms with Crippen LogP contribution >= 0.6 is 0 Å². The Morgan fingerprint density at radius 3 is 2.77 bits per heavy atom. The molecule has 1 unspecified atom stereocenters. The van der Waals surface area contributed by atoms with E-state index in [2.05, 4.69) is 23.8 Å². The van der Waals surface area contributed by atoms with E-state index < -0.39 is 0 Å². The van der Waals surface area contributed by atoms with Crippen LogP contribution < -0.4 is 5.73 Å². The van der Waals surface area contributed by atoms with Crippen LogP contribution in [0, 0.1) is 0 Å². The summed E-state index contributed by atoms with van der Waals surface area (Å²) in [7, 11) is 2.14. The molecule has 1 aliphatic heterocycles. The zero-order valence-electron chi connectivity index (χ0n) is 8.49. The summed E-state index contributed by atoms with van der Waals surface area (Å²) in [6, 6.07) is 0.585. The van der Waals surface area contributed by atoms with Crippen molar-refractivity contribution in [1.29, 1.82) is 0 Å². The normalized spacial score (nSPS) is 26.2. The molecule has 4 heteroatoms. The van der Waals surface area contributed by atoms with Gasteiger partial charge in [-0.25, -0.2) is 0 Å². The summed E-state index contributed by atoms with van der Waals surface area (Å²) in [6.07, 6.45) is 0.483. The maximum absolute atomic E-state index is 10.6. The van der Waals surface area contributed by atoms with Crippen LogP contribution in [0.1, 0.15) is 13.3 Å². The Hall–Kier alpha value is -0.610. The van der Waals surface area contributed by atoms with Crippen molar-refractivity contribution >= 4 is 5.91 Å². The minimum Gasteiger partial charge on any atom is -0.370 e. The summed E-state index contributed by atoms with van der Waals surface area (Å²) in [6.45, 7) is 6.20. The molecule has 13 heavy (non-hydrogen) atoms. The molecule has 1 amide bonds. The molecule has 4 nitrogen and oxygen atoms in total. The average Bonchev–Trinajstić information content (AvgIpc) is 2.07. The highest BCUT2D eigenvalue weighted by Crippen LogP contribution is 2.06. The van der Waals surface area contributed by atoms with Crippen molar-refractivity contribution < 1.29 is 4.79 Å². The number of hydrogen-bond donors (Lipinski definition) is 1. The first kappa shape index (κ1) is 10.5. The number of primary amides is 1. The quantitative estimate of drug-likeness (QED) is 0.645. The van der Waals surface area contributed by atoms with Gasteiger partial charge in [0.25, 0.3) is 0 Å². The van der Waals surface area contributed by atoms with Crippen LogP contribution in [0.15, 0.2) is 0 Å². The number of rotatable bonds is 3. The molecule has 1 heterocycles. The van der Waals surface area contributed by atoms with Gasteiger partial charge in [0.1, 0.15) is 0 Å². The lowest BCUT2D eigenvalue weighted by Crippen LogP contribution is -2.50. The Morgan fingerprint density at radius 2 is 2.23 bits per heavy atom. The fourth-order valence-corrected chi connectivity index (χ4v) is 1.60. The Balaban J connectivity index is 2.25. The van der Waals surface area contributed by atoms with Gasteiger partial charge in [-0.05, 0) is 14.0 Å². The fraction of sp³-hybridized carbons (Fsp3) is 0.889. The number of nitrogens with zero attached hydrogens (tertiary/aromatic N) is 2. The summed E-state index contributed by atoms with van der Waals surface area (Å²) in [5, 5.41) is 0. The minimum atomic E-state index is -0.202. The molecule has 1 saturated heterocycles. The highest BCUT2D eigenvalue weighted by molar-refractivity contribution is 5.73. The van der Waals surface area contributed by atoms with Gasteiger partial charge in [0, 0.05) is 38.6 Å². The van der Waals surface area contributed by atoms with Crippen LogP contribution in [0.25, 0.3) is 0 Å². The Bertz CT molecular complexity index is 184. The predicted octanol–water partition coefficient (Wildman–Crippen LogP) is -0.502. The molecule has 2 N–H and O–H groups in total. The van der Waals surface area contributed by atoms with Crippen molar-refractivity contribution in [2.24, 2.45) is 5.73 Å². The van der Waals surface area contributed by atoms with Gasteiger partial charge in [-0.1, -0.05) is 0 Å². The highest BCUT2D eigenvalue weighted by atomic mass is 16.1. The molecule has 0 radical (unpaired) electrons. The molecule has 0 spiro atoms. The van der Waals surface area contributed by atoms with Gasteiger partial charge in [-0.2, -0.15) is 0 Å². The van der Waals surface area contributed by atoms with E-state index in [-0.39, 0.29) is 5.91 Å². The maximum Gasteiger partial charge on any atom is 0.218 e. The third-order valence-electron chi connectivity index (χ3n) is 2.72. The van der Waals surface area contributed by atoms with Gasteiger partial charge in [-0.3, -0.25) is 4.79 Å². The zero-order chi connectivity index (χ0) is 9.84. The number of hydrogen-bond acceptors (Lipinski definition) is 3. The minimum absolute atomic E-state index is 0.202. The standard InChI is InChI=1S/C9H19N3O/c1-8-7-12(4-3-9(10)13)6-5-11(8)2/h8H,3-7H2,1-2H3,(H2,10,13). The van der Waals surface area contributed by atoms with Crippen LogP contribution in [0.5, 0.6) is 0 Å². The van der Waals surface area contributed by atoms with E-state index >= 15 is 0 Å². The summed E-state index contributed by atoms with van der Waals surface area (Å²) >= 11 is 0. The molecule has 0 aromatic carbocycles. The largest absolute Gasteiger partial charge is 0.370 e. The fourth-order valence-electron chi connectivity index (χ4n) is 1.60. The van der Waals surface area contributed by atoms with E-state index in [1.54, 1.807) is 0 Å². The molecular weight excluding hydrogens is 166 g/mol. The number of amides is 1. The molecule has 1 aliphatic rings. The third kappa shape index (κ3) is 3.32. The number of piperazine rings is 1. The molecule has 0 aromatic heterocycles. The summed E-state index contributed by atoms with van der Waals surface area (Å²) < 4.78 is 0. The van der Waals surface area contributed by atoms with Crippen LogP contribution in [0.3, 0.4) is 0 Å². The van der Waals surface area contributed by atoms with Crippen LogP contribution in [0.4, 0.5) is 0 Å². The molecule has 0 saturated carbocycles. The lowest BCUT2D eigenvalue weighted by atomic mass is 10.2. The van der Waals surface area contributed by atoms with E-state index in [0.29, 0.717) is 12.5 Å². The monoisotopic (exact) mass is 185 g/mol. The Morgan fingerprint density at radius 1 is 1.54 bits per heavy atom. The highest BCUT2D eigenvalue weighted by Gasteiger charge is 2.20. The van der Waals surface area contributed by atoms with Crippen molar-refractivity contribution in [3.8, 4) is 0 Å². The van der Waals surface area contributed by atoms with Crippen LogP contribution in [0.2, 0.25) is 0 Å². The van der Waals surface area contributed by atoms with Gasteiger partial charge in [0.15, 0.2) is 0 Å². The number of nitrogens with two attached hydrogens (primary N) is 1. The third-order valence-corrected chi connectivity index (χ3v) is 2.72. The molecular formula is C9H19N3O. The van der Waals surface area contributed by atoms with E-state index in [4.69, 9.17) is 5.73 Å². The van der Waals surface area contributed by atoms with Gasteiger partial charge in [0.05, 0.1) is 0 Å². The van der Waals surface area contributed by atoms with Gasteiger partial charge < -0.3 is 15.5 Å². The van der Waals surface area contributed by atoms with E-state index in [1.807, 2.05) is 0 Å². The Kier molecular flexibility index (Phi) is 3.69. The first-order valence-corrected chi connectivity index (χ1v) is 4.80. The molecule has 0 bridgehead atoms. The van der Waals surface area contributed by atoms with Crippen LogP contribution in [-0.2, 0) is 4.79 Å². The van der Waals surface area contributed by atoms with Crippen molar-refractivity contribution in [1.82, 2.24) is 9.80 Å². The molecule has 1 fully saturated rings. The molecule has 1 rings (SSSR count). The van der Waals surface area contributed by atoms with Gasteiger partial charge in [0.2, 0.25) is 5.91 Å². The second-order valence-corrected chi connectivity index (χ2v) is 3.85. The average molecular weight is 185 g/mol. The lowest BCUT2D eigenvalue weighted by molar-refractivity contribution is -0.118. The molecule has 1 atom stereocenters. The summed E-state index contributed by atoms with van der Waals surface area (Å²) in [5.74, 6) is -0.202. The molecule has 0 aromatic rings. The van der Waals surface area contributed by atoms with E-state index in [1.165, 1.54) is 0 Å². The molecule has 76 valence electrons. The second-order valence-electron chi connectivity index (χ2n) is 3.85. The first-order valence-electron chi connectivity index (χ1n) is 4.80. The van der Waals surface area contributed by atoms with Gasteiger partial charge >= 0.3 is 0 Å². The number of carbonyl (C=O) groups is 1. The van der Waals surface area contributed by atoms with Crippen molar-refractivity contribution in [3.63, 3.8) is 0 Å². The smallest absolute Gasteiger partial charge is 0.218 e. The maximum atomic E-state index is 10.6. The summed E-state index contributed by atoms with van der Waals surface area (Å²) in [4.78, 5) is 15.2. The van der Waals surface area contributed by atoms with Crippen molar-refractivity contribution in [2.75, 3.05) is 33.2 Å². The lowest BCUT2D eigenvalue weighted by Gasteiger charge is -2.37. The Labute approximate surface area is 79.7 Å². The predicted molar refractivity (Wildman–Crippen MR) is 52.3 cm³/mol. The van der Waals surface area contributed by atoms with E-state index in [0.717, 1.165) is 26.2 Å². The van der Waals surface area contributed by atoms with Crippen LogP contribution in [-0.4, -0.2) is 55.0 Å². The zero-order valence-corrected chi connectivity index (χ0v) is 8.49. The second kappa shape index (κ2) is 4.58.